The molecule has 35 heavy (non-hydrogen) atoms. The number of rotatable bonds is 7. The molecule has 0 unspecified atom stereocenters. The van der Waals surface area contributed by atoms with Gasteiger partial charge in [0.25, 0.3) is 5.91 Å². The number of piperidine rings is 1. The first kappa shape index (κ1) is 23.7. The van der Waals surface area contributed by atoms with Crippen LogP contribution >= 0.6 is 0 Å². The van der Waals surface area contributed by atoms with Gasteiger partial charge in [-0.15, -0.1) is 0 Å². The van der Waals surface area contributed by atoms with Gasteiger partial charge in [-0.25, -0.2) is 9.18 Å². The van der Waals surface area contributed by atoms with Crippen molar-refractivity contribution in [3.05, 3.63) is 59.7 Å². The van der Waals surface area contributed by atoms with E-state index in [-0.39, 0.29) is 42.1 Å². The molecule has 1 aromatic carbocycles. The van der Waals surface area contributed by atoms with E-state index in [1.165, 1.54) is 18.1 Å². The molecule has 3 saturated heterocycles. The fourth-order valence-corrected chi connectivity index (χ4v) is 5.59. The van der Waals surface area contributed by atoms with Gasteiger partial charge in [0.2, 0.25) is 0 Å². The number of carbonyl (C=O) groups excluding carboxylic acids is 2. The highest BCUT2D eigenvalue weighted by atomic mass is 19.1. The lowest BCUT2D eigenvalue weighted by Crippen LogP contribution is -2.54. The van der Waals surface area contributed by atoms with E-state index in [9.17, 15) is 14.0 Å². The highest BCUT2D eigenvalue weighted by Gasteiger charge is 2.58. The Morgan fingerprint density at radius 2 is 2.03 bits per heavy atom. The number of nitrogens with one attached hydrogen (secondary N) is 1. The first-order valence-corrected chi connectivity index (χ1v) is 12.2. The number of benzene rings is 1. The number of methoxy groups -OCH3 is 1. The third-order valence-electron chi connectivity index (χ3n) is 7.43. The van der Waals surface area contributed by atoms with Gasteiger partial charge in [0.1, 0.15) is 0 Å². The molecule has 3 aliphatic rings. The summed E-state index contributed by atoms with van der Waals surface area (Å²) in [4.78, 5) is 35.1. The van der Waals surface area contributed by atoms with Crippen LogP contribution in [0, 0.1) is 11.7 Å². The van der Waals surface area contributed by atoms with Crippen LogP contribution < -0.4 is 10.1 Å². The second-order valence-electron chi connectivity index (χ2n) is 9.52. The van der Waals surface area contributed by atoms with E-state index in [0.717, 1.165) is 31.5 Å². The predicted molar refractivity (Wildman–Crippen MR) is 126 cm³/mol. The van der Waals surface area contributed by atoms with Crippen LogP contribution in [0.4, 0.5) is 9.18 Å². The number of hydrogen-bond acceptors (Lipinski definition) is 6. The van der Waals surface area contributed by atoms with Crippen LogP contribution in [-0.2, 0) is 21.6 Å². The van der Waals surface area contributed by atoms with Crippen molar-refractivity contribution in [3.63, 3.8) is 0 Å². The molecule has 1 aromatic heterocycles. The fourth-order valence-electron chi connectivity index (χ4n) is 5.59. The molecule has 2 aromatic rings. The SMILES string of the molecule is COc1cc(CN2CCC([C@]3(c4ccccn4)NC(=O)N(C[C@@H]4CCCO4)C3=O)CC2)ccc1F. The summed E-state index contributed by atoms with van der Waals surface area (Å²) in [7, 11) is 1.46. The number of urea groups is 1. The van der Waals surface area contributed by atoms with Gasteiger partial charge in [0.15, 0.2) is 17.1 Å². The van der Waals surface area contributed by atoms with Crippen molar-refractivity contribution >= 4 is 11.9 Å². The van der Waals surface area contributed by atoms with Crippen molar-refractivity contribution in [2.45, 2.75) is 43.9 Å². The van der Waals surface area contributed by atoms with Gasteiger partial charge >= 0.3 is 6.03 Å². The zero-order valence-electron chi connectivity index (χ0n) is 19.9. The Kier molecular flexibility index (Phi) is 6.71. The van der Waals surface area contributed by atoms with Crippen molar-refractivity contribution in [1.82, 2.24) is 20.1 Å². The summed E-state index contributed by atoms with van der Waals surface area (Å²) in [6, 6.07) is 10.0. The van der Waals surface area contributed by atoms with E-state index in [1.807, 2.05) is 18.2 Å². The lowest BCUT2D eigenvalue weighted by molar-refractivity contribution is -0.135. The smallest absolute Gasteiger partial charge is 0.325 e. The Bertz CT molecular complexity index is 1070. The normalized spacial score (nSPS) is 25.8. The lowest BCUT2D eigenvalue weighted by atomic mass is 9.75. The zero-order valence-corrected chi connectivity index (χ0v) is 19.9. The number of imide groups is 1. The van der Waals surface area contributed by atoms with Crippen LogP contribution in [0.5, 0.6) is 5.75 Å². The van der Waals surface area contributed by atoms with E-state index in [2.05, 4.69) is 15.2 Å². The molecule has 2 atom stereocenters. The molecular weight excluding hydrogens is 451 g/mol. The summed E-state index contributed by atoms with van der Waals surface area (Å²) >= 11 is 0. The summed E-state index contributed by atoms with van der Waals surface area (Å²) in [5.41, 5.74) is 0.367. The van der Waals surface area contributed by atoms with Crippen LogP contribution in [-0.4, -0.2) is 66.2 Å². The molecule has 9 heteroatoms. The molecule has 0 aliphatic carbocycles. The Morgan fingerprint density at radius 3 is 2.71 bits per heavy atom. The highest BCUT2D eigenvalue weighted by Crippen LogP contribution is 2.41. The molecule has 3 amide bonds. The molecular formula is C26H31FN4O4. The summed E-state index contributed by atoms with van der Waals surface area (Å²) in [6.07, 6.45) is 4.77. The largest absolute Gasteiger partial charge is 0.494 e. The van der Waals surface area contributed by atoms with Gasteiger partial charge in [0.05, 0.1) is 25.5 Å². The van der Waals surface area contributed by atoms with Crippen molar-refractivity contribution < 1.29 is 23.5 Å². The first-order valence-electron chi connectivity index (χ1n) is 12.2. The highest BCUT2D eigenvalue weighted by molar-refractivity contribution is 6.07. The van der Waals surface area contributed by atoms with Crippen molar-refractivity contribution in [1.29, 1.82) is 0 Å². The minimum Gasteiger partial charge on any atom is -0.494 e. The lowest BCUT2D eigenvalue weighted by Gasteiger charge is -2.40. The van der Waals surface area contributed by atoms with Crippen LogP contribution in [0.25, 0.3) is 0 Å². The van der Waals surface area contributed by atoms with Crippen LogP contribution in [0.2, 0.25) is 0 Å². The zero-order chi connectivity index (χ0) is 24.4. The maximum atomic E-state index is 13.9. The van der Waals surface area contributed by atoms with E-state index in [4.69, 9.17) is 9.47 Å². The fraction of sp³-hybridized carbons (Fsp3) is 0.500. The molecule has 1 N–H and O–H groups in total. The average molecular weight is 483 g/mol. The minimum atomic E-state index is -1.18. The summed E-state index contributed by atoms with van der Waals surface area (Å²) in [6.45, 7) is 3.08. The van der Waals surface area contributed by atoms with E-state index in [0.29, 0.717) is 31.7 Å². The van der Waals surface area contributed by atoms with Crippen LogP contribution in [0.15, 0.2) is 42.6 Å². The number of carbonyl (C=O) groups is 2. The average Bonchev–Trinajstić information content (AvgIpc) is 3.49. The molecule has 0 radical (unpaired) electrons. The molecule has 4 heterocycles. The molecule has 0 bridgehead atoms. The minimum absolute atomic E-state index is 0.0950. The summed E-state index contributed by atoms with van der Waals surface area (Å²) in [5, 5.41) is 3.06. The van der Waals surface area contributed by atoms with Crippen LogP contribution in [0.1, 0.15) is 36.9 Å². The number of likely N-dealkylation sites (tertiary alicyclic amines) is 1. The molecule has 3 aliphatic heterocycles. The number of halogens is 1. The van der Waals surface area contributed by atoms with E-state index >= 15 is 0 Å². The van der Waals surface area contributed by atoms with Gasteiger partial charge in [-0.1, -0.05) is 12.1 Å². The standard InChI is InChI=1S/C26H31FN4O4/c1-34-22-15-18(7-8-21(22)27)16-30-12-9-19(10-13-30)26(23-6-2-3-11-28-23)24(32)31(25(33)29-26)17-20-5-4-14-35-20/h2-3,6-8,11,15,19-20H,4-5,9-10,12-14,16-17H2,1H3,(H,29,33)/t20-,26+/m0/s1. The number of aromatic nitrogens is 1. The third kappa shape index (κ3) is 4.50. The van der Waals surface area contributed by atoms with Crippen molar-refractivity contribution in [2.24, 2.45) is 5.92 Å². The molecule has 186 valence electrons. The number of nitrogens with zero attached hydrogens (tertiary/aromatic N) is 3. The van der Waals surface area contributed by atoms with E-state index in [1.54, 1.807) is 18.3 Å². The van der Waals surface area contributed by atoms with Gasteiger partial charge in [-0.2, -0.15) is 0 Å². The summed E-state index contributed by atoms with van der Waals surface area (Å²) in [5.74, 6) is -0.479. The molecule has 5 rings (SSSR count). The molecule has 0 saturated carbocycles. The Labute approximate surface area is 204 Å². The monoisotopic (exact) mass is 482 g/mol. The third-order valence-corrected chi connectivity index (χ3v) is 7.43. The van der Waals surface area contributed by atoms with Crippen LogP contribution in [0.3, 0.4) is 0 Å². The Morgan fingerprint density at radius 1 is 1.20 bits per heavy atom. The number of pyridine rings is 1. The topological polar surface area (TPSA) is 84.0 Å². The molecule has 0 spiro atoms. The number of ether oxygens (including phenoxy) is 2. The summed E-state index contributed by atoms with van der Waals surface area (Å²) < 4.78 is 24.6. The van der Waals surface area contributed by atoms with Crippen molar-refractivity contribution in [2.75, 3.05) is 33.4 Å². The Hall–Kier alpha value is -3.04. The van der Waals surface area contributed by atoms with Gasteiger partial charge in [-0.3, -0.25) is 19.6 Å². The van der Waals surface area contributed by atoms with Gasteiger partial charge in [0, 0.05) is 19.3 Å². The molecule has 3 fully saturated rings. The maximum Gasteiger partial charge on any atom is 0.325 e. The van der Waals surface area contributed by atoms with E-state index < -0.39 is 5.54 Å². The number of amides is 3. The van der Waals surface area contributed by atoms with Gasteiger partial charge < -0.3 is 14.8 Å². The quantitative estimate of drug-likeness (QED) is 0.611. The van der Waals surface area contributed by atoms with Gasteiger partial charge in [-0.05, 0) is 74.5 Å². The van der Waals surface area contributed by atoms with Crippen molar-refractivity contribution in [3.8, 4) is 5.75 Å². The molecule has 8 nitrogen and oxygen atoms in total. The Balaban J connectivity index is 1.34. The number of hydrogen-bond donors (Lipinski definition) is 1. The first-order chi connectivity index (χ1) is 17.0. The predicted octanol–water partition coefficient (Wildman–Crippen LogP) is 3.07. The second kappa shape index (κ2) is 9.91. The second-order valence-corrected chi connectivity index (χ2v) is 9.52. The maximum absolute atomic E-state index is 13.9.